The van der Waals surface area contributed by atoms with Gasteiger partial charge in [0.1, 0.15) is 0 Å². The molecule has 1 heterocycles. The maximum Gasteiger partial charge on any atom is 0.0628 e. The van der Waals surface area contributed by atoms with Crippen LogP contribution in [0.15, 0.2) is 24.3 Å². The Kier molecular flexibility index (Phi) is 2.64. The van der Waals surface area contributed by atoms with Gasteiger partial charge in [0.2, 0.25) is 0 Å². The predicted molar refractivity (Wildman–Crippen MR) is 67.3 cm³/mol. The Bertz CT molecular complexity index is 454. The van der Waals surface area contributed by atoms with Gasteiger partial charge in [0.25, 0.3) is 0 Å². The third-order valence-electron chi connectivity index (χ3n) is 4.18. The number of rotatable bonds is 3. The van der Waals surface area contributed by atoms with Crippen LogP contribution in [0.25, 0.3) is 0 Å². The molecule has 0 saturated heterocycles. The summed E-state index contributed by atoms with van der Waals surface area (Å²) in [5.74, 6) is 0. The number of fused-ring (bicyclic) bond motifs is 1. The van der Waals surface area contributed by atoms with Gasteiger partial charge in [0.05, 0.1) is 6.07 Å². The van der Waals surface area contributed by atoms with Gasteiger partial charge in [-0.1, -0.05) is 24.3 Å². The topological polar surface area (TPSA) is 27.0 Å². The third-order valence-corrected chi connectivity index (χ3v) is 4.18. The molecular weight excluding hydrogens is 208 g/mol. The van der Waals surface area contributed by atoms with Gasteiger partial charge in [0.15, 0.2) is 0 Å². The van der Waals surface area contributed by atoms with E-state index in [9.17, 15) is 0 Å². The van der Waals surface area contributed by atoms with Gasteiger partial charge in [-0.15, -0.1) is 0 Å². The fourth-order valence-electron chi connectivity index (χ4n) is 2.90. The van der Waals surface area contributed by atoms with E-state index in [2.05, 4.69) is 35.2 Å². The lowest BCUT2D eigenvalue weighted by atomic mass is 9.97. The van der Waals surface area contributed by atoms with E-state index in [0.29, 0.717) is 5.41 Å². The smallest absolute Gasteiger partial charge is 0.0628 e. The molecule has 17 heavy (non-hydrogen) atoms. The molecule has 1 aliphatic heterocycles. The summed E-state index contributed by atoms with van der Waals surface area (Å²) >= 11 is 0. The van der Waals surface area contributed by atoms with Crippen LogP contribution in [-0.2, 0) is 13.0 Å². The highest BCUT2D eigenvalue weighted by Gasteiger charge is 2.43. The molecule has 2 heteroatoms. The first kappa shape index (κ1) is 10.8. The molecule has 1 aromatic carbocycles. The Hall–Kier alpha value is -1.33. The fraction of sp³-hybridized carbons (Fsp3) is 0.533. The zero-order valence-corrected chi connectivity index (χ0v) is 10.2. The van der Waals surface area contributed by atoms with Crippen LogP contribution in [0.1, 0.15) is 30.4 Å². The molecule has 2 aliphatic rings. The molecule has 1 aromatic rings. The maximum absolute atomic E-state index is 8.86. The highest BCUT2D eigenvalue weighted by Crippen LogP contribution is 2.49. The van der Waals surface area contributed by atoms with Gasteiger partial charge in [-0.3, -0.25) is 4.90 Å². The minimum Gasteiger partial charge on any atom is -0.298 e. The van der Waals surface area contributed by atoms with Crippen LogP contribution in [-0.4, -0.2) is 18.0 Å². The summed E-state index contributed by atoms with van der Waals surface area (Å²) in [5.41, 5.74) is 3.33. The summed E-state index contributed by atoms with van der Waals surface area (Å²) in [4.78, 5) is 2.53. The van der Waals surface area contributed by atoms with E-state index in [4.69, 9.17) is 5.26 Å². The van der Waals surface area contributed by atoms with E-state index < -0.39 is 0 Å². The van der Waals surface area contributed by atoms with Crippen molar-refractivity contribution in [2.24, 2.45) is 5.41 Å². The van der Waals surface area contributed by atoms with Gasteiger partial charge in [-0.25, -0.2) is 0 Å². The van der Waals surface area contributed by atoms with E-state index >= 15 is 0 Å². The predicted octanol–water partition coefficient (Wildman–Crippen LogP) is 2.74. The average molecular weight is 226 g/mol. The van der Waals surface area contributed by atoms with Crippen LogP contribution in [0.4, 0.5) is 0 Å². The van der Waals surface area contributed by atoms with E-state index in [1.54, 1.807) is 0 Å². The zero-order chi connectivity index (χ0) is 11.7. The molecule has 0 radical (unpaired) electrons. The Morgan fingerprint density at radius 1 is 1.24 bits per heavy atom. The number of hydrogen-bond acceptors (Lipinski definition) is 2. The minimum absolute atomic E-state index is 0.348. The molecule has 2 nitrogen and oxygen atoms in total. The van der Waals surface area contributed by atoms with E-state index in [1.807, 2.05) is 0 Å². The minimum atomic E-state index is 0.348. The second-order valence-corrected chi connectivity index (χ2v) is 5.56. The summed E-state index contributed by atoms with van der Waals surface area (Å²) < 4.78 is 0. The largest absolute Gasteiger partial charge is 0.298 e. The van der Waals surface area contributed by atoms with Crippen molar-refractivity contribution >= 4 is 0 Å². The zero-order valence-electron chi connectivity index (χ0n) is 10.2. The summed E-state index contributed by atoms with van der Waals surface area (Å²) in [6, 6.07) is 11.1. The molecule has 0 unspecified atom stereocenters. The van der Waals surface area contributed by atoms with E-state index in [-0.39, 0.29) is 0 Å². The summed E-state index contributed by atoms with van der Waals surface area (Å²) in [5, 5.41) is 8.86. The van der Waals surface area contributed by atoms with Gasteiger partial charge in [-0.2, -0.15) is 5.26 Å². The Morgan fingerprint density at radius 2 is 2.00 bits per heavy atom. The lowest BCUT2D eigenvalue weighted by molar-refractivity contribution is 0.204. The first-order valence-electron chi connectivity index (χ1n) is 6.47. The van der Waals surface area contributed by atoms with Gasteiger partial charge in [-0.05, 0) is 35.8 Å². The van der Waals surface area contributed by atoms with Crippen molar-refractivity contribution in [3.63, 3.8) is 0 Å². The lowest BCUT2D eigenvalue weighted by Crippen LogP contribution is -2.35. The van der Waals surface area contributed by atoms with Crippen LogP contribution >= 0.6 is 0 Å². The molecular formula is C15H18N2. The molecule has 1 fully saturated rings. The lowest BCUT2D eigenvalue weighted by Gasteiger charge is -2.31. The van der Waals surface area contributed by atoms with Crippen molar-refractivity contribution in [3.05, 3.63) is 35.4 Å². The van der Waals surface area contributed by atoms with Gasteiger partial charge < -0.3 is 0 Å². The van der Waals surface area contributed by atoms with Crippen molar-refractivity contribution in [2.75, 3.05) is 13.1 Å². The summed E-state index contributed by atoms with van der Waals surface area (Å²) in [7, 11) is 0. The molecule has 0 amide bonds. The number of hydrogen-bond donors (Lipinski definition) is 0. The Balaban J connectivity index is 1.67. The van der Waals surface area contributed by atoms with Gasteiger partial charge in [0, 0.05) is 26.1 Å². The van der Waals surface area contributed by atoms with Gasteiger partial charge >= 0.3 is 0 Å². The first-order chi connectivity index (χ1) is 8.31. The third kappa shape index (κ3) is 2.21. The van der Waals surface area contributed by atoms with Crippen LogP contribution in [0.3, 0.4) is 0 Å². The van der Waals surface area contributed by atoms with E-state index in [0.717, 1.165) is 26.1 Å². The van der Waals surface area contributed by atoms with Crippen LogP contribution in [0.5, 0.6) is 0 Å². The number of benzene rings is 1. The maximum atomic E-state index is 8.86. The summed E-state index contributed by atoms with van der Waals surface area (Å²) in [6.07, 6.45) is 4.40. The molecule has 3 rings (SSSR count). The van der Waals surface area contributed by atoms with E-state index in [1.165, 1.54) is 30.4 Å². The van der Waals surface area contributed by atoms with Crippen molar-refractivity contribution in [1.29, 1.82) is 5.26 Å². The molecule has 88 valence electrons. The standard InChI is InChI=1S/C15H18N2/c16-9-8-15(6-7-15)12-17-10-5-13-3-1-2-4-14(13)11-17/h1-4H,5-8,10-12H2. The van der Waals surface area contributed by atoms with Crippen molar-refractivity contribution < 1.29 is 0 Å². The van der Waals surface area contributed by atoms with Crippen molar-refractivity contribution in [1.82, 2.24) is 4.90 Å². The monoisotopic (exact) mass is 226 g/mol. The molecule has 1 saturated carbocycles. The summed E-state index contributed by atoms with van der Waals surface area (Å²) in [6.45, 7) is 3.35. The number of nitrogens with zero attached hydrogens (tertiary/aromatic N) is 2. The van der Waals surface area contributed by atoms with Crippen LogP contribution in [0, 0.1) is 16.7 Å². The average Bonchev–Trinajstić information content (AvgIpc) is 3.09. The van der Waals surface area contributed by atoms with Crippen LogP contribution < -0.4 is 0 Å². The Morgan fingerprint density at radius 3 is 2.71 bits per heavy atom. The van der Waals surface area contributed by atoms with Crippen molar-refractivity contribution in [3.8, 4) is 6.07 Å². The second kappa shape index (κ2) is 4.16. The first-order valence-corrected chi connectivity index (χ1v) is 6.47. The highest BCUT2D eigenvalue weighted by atomic mass is 15.1. The molecule has 0 bridgehead atoms. The fourth-order valence-corrected chi connectivity index (χ4v) is 2.90. The molecule has 1 aliphatic carbocycles. The normalized spacial score (nSPS) is 21.6. The van der Waals surface area contributed by atoms with Crippen molar-refractivity contribution in [2.45, 2.75) is 32.2 Å². The van der Waals surface area contributed by atoms with Crippen LogP contribution in [0.2, 0.25) is 0 Å². The molecule has 0 aromatic heterocycles. The SMILES string of the molecule is N#CCC1(CN2CCc3ccccc3C2)CC1. The Labute approximate surface area is 103 Å². The highest BCUT2D eigenvalue weighted by molar-refractivity contribution is 5.29. The quantitative estimate of drug-likeness (QED) is 0.792. The second-order valence-electron chi connectivity index (χ2n) is 5.56. The molecule has 0 N–H and O–H groups in total. The molecule has 0 spiro atoms. The number of nitriles is 1. The molecule has 0 atom stereocenters.